The minimum atomic E-state index is -0.648. The van der Waals surface area contributed by atoms with Gasteiger partial charge >= 0.3 is 5.97 Å². The standard InChI is InChI=1S/C14H18BrNO2/c1-9-3-2-4-12(13(9)15)16-11-7-5-10(6-8-11)14(17)18/h2-4,10-11,16H,5-8H2,1H3,(H,17,18). The first-order chi connectivity index (χ1) is 8.58. The molecule has 0 aliphatic heterocycles. The van der Waals surface area contributed by atoms with Gasteiger partial charge in [0, 0.05) is 16.2 Å². The van der Waals surface area contributed by atoms with Crippen molar-refractivity contribution in [3.63, 3.8) is 0 Å². The zero-order valence-corrected chi connectivity index (χ0v) is 12.0. The summed E-state index contributed by atoms with van der Waals surface area (Å²) in [6, 6.07) is 6.54. The van der Waals surface area contributed by atoms with Crippen molar-refractivity contribution in [2.24, 2.45) is 5.92 Å². The zero-order valence-electron chi connectivity index (χ0n) is 10.4. The lowest BCUT2D eigenvalue weighted by molar-refractivity contribution is -0.142. The average molecular weight is 312 g/mol. The summed E-state index contributed by atoms with van der Waals surface area (Å²) in [7, 11) is 0. The lowest BCUT2D eigenvalue weighted by Crippen LogP contribution is -2.29. The van der Waals surface area contributed by atoms with E-state index in [0.29, 0.717) is 6.04 Å². The van der Waals surface area contributed by atoms with Crippen LogP contribution in [0.5, 0.6) is 0 Å². The number of carboxylic acids is 1. The van der Waals surface area contributed by atoms with Crippen LogP contribution in [0.1, 0.15) is 31.2 Å². The molecule has 0 unspecified atom stereocenters. The van der Waals surface area contributed by atoms with Gasteiger partial charge in [-0.1, -0.05) is 12.1 Å². The number of halogens is 1. The number of hydrogen-bond acceptors (Lipinski definition) is 2. The number of hydrogen-bond donors (Lipinski definition) is 2. The third kappa shape index (κ3) is 3.05. The van der Waals surface area contributed by atoms with Crippen LogP contribution in [0.2, 0.25) is 0 Å². The van der Waals surface area contributed by atoms with Gasteiger partial charge in [0.15, 0.2) is 0 Å². The summed E-state index contributed by atoms with van der Waals surface area (Å²) >= 11 is 3.59. The normalized spacial score (nSPS) is 23.7. The highest BCUT2D eigenvalue weighted by molar-refractivity contribution is 9.10. The molecule has 1 aromatic rings. The average Bonchev–Trinajstić information content (AvgIpc) is 2.36. The van der Waals surface area contributed by atoms with E-state index in [-0.39, 0.29) is 5.92 Å². The zero-order chi connectivity index (χ0) is 13.1. The second-order valence-corrected chi connectivity index (χ2v) is 5.76. The molecule has 0 radical (unpaired) electrons. The van der Waals surface area contributed by atoms with Crippen molar-refractivity contribution in [2.75, 3.05) is 5.32 Å². The number of nitrogens with one attached hydrogen (secondary N) is 1. The lowest BCUT2D eigenvalue weighted by Gasteiger charge is -2.28. The summed E-state index contributed by atoms with van der Waals surface area (Å²) in [5.41, 5.74) is 2.31. The van der Waals surface area contributed by atoms with Crippen molar-refractivity contribution in [1.29, 1.82) is 0 Å². The number of benzene rings is 1. The van der Waals surface area contributed by atoms with E-state index in [9.17, 15) is 4.79 Å². The molecule has 4 heteroatoms. The van der Waals surface area contributed by atoms with Gasteiger partial charge in [0.05, 0.1) is 5.92 Å². The van der Waals surface area contributed by atoms with Gasteiger partial charge in [-0.25, -0.2) is 0 Å². The predicted octanol–water partition coefficient (Wildman–Crippen LogP) is 3.81. The maximum absolute atomic E-state index is 10.9. The quantitative estimate of drug-likeness (QED) is 0.892. The van der Waals surface area contributed by atoms with Crippen LogP contribution in [0.15, 0.2) is 22.7 Å². The van der Waals surface area contributed by atoms with Crippen molar-refractivity contribution in [3.05, 3.63) is 28.2 Å². The van der Waals surface area contributed by atoms with Crippen LogP contribution in [-0.4, -0.2) is 17.1 Å². The van der Waals surface area contributed by atoms with E-state index >= 15 is 0 Å². The summed E-state index contributed by atoms with van der Waals surface area (Å²) in [6.45, 7) is 2.07. The molecule has 0 aromatic heterocycles. The molecule has 1 aromatic carbocycles. The first-order valence-electron chi connectivity index (χ1n) is 6.32. The van der Waals surface area contributed by atoms with Gasteiger partial charge in [0.1, 0.15) is 0 Å². The summed E-state index contributed by atoms with van der Waals surface area (Å²) in [4.78, 5) is 10.9. The lowest BCUT2D eigenvalue weighted by atomic mass is 9.86. The molecule has 0 atom stereocenters. The number of anilines is 1. The van der Waals surface area contributed by atoms with E-state index in [1.807, 2.05) is 6.07 Å². The Bertz CT molecular complexity index is 439. The molecule has 3 nitrogen and oxygen atoms in total. The van der Waals surface area contributed by atoms with E-state index < -0.39 is 5.97 Å². The fourth-order valence-electron chi connectivity index (χ4n) is 2.46. The Morgan fingerprint density at radius 2 is 2.00 bits per heavy atom. The number of carbonyl (C=O) groups is 1. The van der Waals surface area contributed by atoms with E-state index in [1.165, 1.54) is 5.56 Å². The third-order valence-corrected chi connectivity index (χ3v) is 4.68. The van der Waals surface area contributed by atoms with Crippen molar-refractivity contribution in [2.45, 2.75) is 38.6 Å². The Kier molecular flexibility index (Phi) is 4.27. The predicted molar refractivity (Wildman–Crippen MR) is 75.9 cm³/mol. The van der Waals surface area contributed by atoms with Gasteiger partial charge in [0.2, 0.25) is 0 Å². The molecule has 2 rings (SSSR count). The van der Waals surface area contributed by atoms with Gasteiger partial charge in [-0.2, -0.15) is 0 Å². The van der Waals surface area contributed by atoms with Crippen LogP contribution in [0.25, 0.3) is 0 Å². The van der Waals surface area contributed by atoms with Crippen molar-refractivity contribution >= 4 is 27.6 Å². The molecule has 18 heavy (non-hydrogen) atoms. The molecule has 0 amide bonds. The second-order valence-electron chi connectivity index (χ2n) is 4.97. The minimum Gasteiger partial charge on any atom is -0.481 e. The van der Waals surface area contributed by atoms with Crippen molar-refractivity contribution < 1.29 is 9.90 Å². The SMILES string of the molecule is Cc1cccc(NC2CCC(C(=O)O)CC2)c1Br. The van der Waals surface area contributed by atoms with Gasteiger partial charge < -0.3 is 10.4 Å². The second kappa shape index (κ2) is 5.74. The Morgan fingerprint density at radius 3 is 2.61 bits per heavy atom. The van der Waals surface area contributed by atoms with Crippen molar-refractivity contribution in [3.8, 4) is 0 Å². The number of rotatable bonds is 3. The molecule has 0 saturated heterocycles. The number of aryl methyl sites for hydroxylation is 1. The minimum absolute atomic E-state index is 0.149. The highest BCUT2D eigenvalue weighted by Crippen LogP contribution is 2.31. The topological polar surface area (TPSA) is 49.3 Å². The molecular weight excluding hydrogens is 294 g/mol. The maximum atomic E-state index is 10.9. The van der Waals surface area contributed by atoms with Crippen LogP contribution >= 0.6 is 15.9 Å². The van der Waals surface area contributed by atoms with E-state index in [4.69, 9.17) is 5.11 Å². The first-order valence-corrected chi connectivity index (χ1v) is 7.11. The maximum Gasteiger partial charge on any atom is 0.306 e. The Labute approximate surface area is 116 Å². The molecule has 1 aliphatic carbocycles. The van der Waals surface area contributed by atoms with Crippen LogP contribution < -0.4 is 5.32 Å². The summed E-state index contributed by atoms with van der Waals surface area (Å²) in [6.07, 6.45) is 3.40. The fourth-order valence-corrected chi connectivity index (χ4v) is 2.84. The molecule has 1 fully saturated rings. The monoisotopic (exact) mass is 311 g/mol. The van der Waals surface area contributed by atoms with Gasteiger partial charge in [-0.05, 0) is 60.2 Å². The molecule has 0 spiro atoms. The summed E-state index contributed by atoms with van der Waals surface area (Å²) < 4.78 is 1.10. The van der Waals surface area contributed by atoms with E-state index in [2.05, 4.69) is 40.3 Å². The Hall–Kier alpha value is -1.03. The van der Waals surface area contributed by atoms with E-state index in [0.717, 1.165) is 35.8 Å². The third-order valence-electron chi connectivity index (χ3n) is 3.63. The Balaban J connectivity index is 1.96. The molecule has 0 bridgehead atoms. The molecule has 0 heterocycles. The van der Waals surface area contributed by atoms with Crippen LogP contribution in [0.4, 0.5) is 5.69 Å². The molecule has 98 valence electrons. The smallest absolute Gasteiger partial charge is 0.306 e. The van der Waals surface area contributed by atoms with Crippen molar-refractivity contribution in [1.82, 2.24) is 0 Å². The van der Waals surface area contributed by atoms with E-state index in [1.54, 1.807) is 0 Å². The molecule has 1 saturated carbocycles. The highest BCUT2D eigenvalue weighted by atomic mass is 79.9. The van der Waals surface area contributed by atoms with Gasteiger partial charge in [0.25, 0.3) is 0 Å². The van der Waals surface area contributed by atoms with Gasteiger partial charge in [-0.15, -0.1) is 0 Å². The molecule has 1 aliphatic rings. The number of carboxylic acid groups (broad SMARTS) is 1. The fraction of sp³-hybridized carbons (Fsp3) is 0.500. The van der Waals surface area contributed by atoms with Crippen LogP contribution in [-0.2, 0) is 4.79 Å². The Morgan fingerprint density at radius 1 is 1.33 bits per heavy atom. The highest BCUT2D eigenvalue weighted by Gasteiger charge is 2.25. The molecular formula is C14H18BrNO2. The summed E-state index contributed by atoms with van der Waals surface area (Å²) in [5, 5.41) is 12.5. The molecule has 2 N–H and O–H groups in total. The van der Waals surface area contributed by atoms with Gasteiger partial charge in [-0.3, -0.25) is 4.79 Å². The largest absolute Gasteiger partial charge is 0.481 e. The summed E-state index contributed by atoms with van der Waals surface area (Å²) in [5.74, 6) is -0.797. The van der Waals surface area contributed by atoms with Crippen LogP contribution in [0, 0.1) is 12.8 Å². The number of aliphatic carboxylic acids is 1. The first kappa shape index (κ1) is 13.4. The van der Waals surface area contributed by atoms with Crippen LogP contribution in [0.3, 0.4) is 0 Å².